The number of sulfonamides is 1. The number of benzene rings is 1. The van der Waals surface area contributed by atoms with Gasteiger partial charge in [0, 0.05) is 38.4 Å². The molecule has 0 aliphatic carbocycles. The van der Waals surface area contributed by atoms with Gasteiger partial charge in [0.15, 0.2) is 0 Å². The van der Waals surface area contributed by atoms with Gasteiger partial charge >= 0.3 is 6.18 Å². The second kappa shape index (κ2) is 6.43. The zero-order valence-corrected chi connectivity index (χ0v) is 12.7. The third-order valence-corrected chi connectivity index (χ3v) is 4.38. The van der Waals surface area contributed by atoms with Crippen LogP contribution < -0.4 is 10.0 Å². The smallest absolute Gasteiger partial charge is 0.369 e. The van der Waals surface area contributed by atoms with Crippen molar-refractivity contribution in [3.05, 3.63) is 29.8 Å². The van der Waals surface area contributed by atoms with Gasteiger partial charge in [0.1, 0.15) is 0 Å². The van der Waals surface area contributed by atoms with Crippen molar-refractivity contribution in [3.63, 3.8) is 0 Å². The molecule has 0 bridgehead atoms. The van der Waals surface area contributed by atoms with E-state index in [0.717, 1.165) is 17.8 Å². The molecule has 2 N–H and O–H groups in total. The van der Waals surface area contributed by atoms with E-state index in [1.165, 1.54) is 12.1 Å². The molecular formula is C13H18F3N3O2S. The Labute approximate surface area is 127 Å². The van der Waals surface area contributed by atoms with Crippen LogP contribution in [0.1, 0.15) is 5.56 Å². The summed E-state index contributed by atoms with van der Waals surface area (Å²) in [7, 11) is -3.47. The molecule has 1 aromatic rings. The predicted octanol–water partition coefficient (Wildman–Crippen LogP) is 1.12. The minimum atomic E-state index is -4.33. The molecule has 1 saturated heterocycles. The van der Waals surface area contributed by atoms with Crippen LogP contribution in [-0.2, 0) is 16.2 Å². The fourth-order valence-electron chi connectivity index (χ4n) is 2.35. The van der Waals surface area contributed by atoms with Gasteiger partial charge in [-0.05, 0) is 24.3 Å². The first-order valence-electron chi connectivity index (χ1n) is 6.80. The Kier molecular flexibility index (Phi) is 4.98. The van der Waals surface area contributed by atoms with E-state index >= 15 is 0 Å². The van der Waals surface area contributed by atoms with E-state index in [4.69, 9.17) is 5.14 Å². The molecule has 0 saturated carbocycles. The van der Waals surface area contributed by atoms with Gasteiger partial charge in [0.05, 0.1) is 11.3 Å². The number of nitrogens with two attached hydrogens (primary N) is 1. The SMILES string of the molecule is NS(=O)(=O)CCN1CCN(c2ccc(C(F)(F)F)cc2)CC1. The van der Waals surface area contributed by atoms with E-state index in [0.29, 0.717) is 32.7 Å². The third-order valence-electron chi connectivity index (χ3n) is 3.62. The Balaban J connectivity index is 1.89. The standard InChI is InChI=1S/C13H18F3N3O2S/c14-13(15,16)11-1-3-12(4-2-11)19-7-5-18(6-8-19)9-10-22(17,20)21/h1-4H,5-10H2,(H2,17,20,21). The predicted molar refractivity (Wildman–Crippen MR) is 78.1 cm³/mol. The summed E-state index contributed by atoms with van der Waals surface area (Å²) in [5, 5.41) is 4.96. The number of hydrogen-bond donors (Lipinski definition) is 1. The van der Waals surface area contributed by atoms with Crippen molar-refractivity contribution in [2.45, 2.75) is 6.18 Å². The number of nitrogens with zero attached hydrogens (tertiary/aromatic N) is 2. The minimum Gasteiger partial charge on any atom is -0.369 e. The largest absolute Gasteiger partial charge is 0.416 e. The summed E-state index contributed by atoms with van der Waals surface area (Å²) in [6.07, 6.45) is -4.33. The molecule has 0 unspecified atom stereocenters. The van der Waals surface area contributed by atoms with Crippen molar-refractivity contribution in [3.8, 4) is 0 Å². The van der Waals surface area contributed by atoms with E-state index in [1.807, 2.05) is 9.80 Å². The molecule has 0 atom stereocenters. The lowest BCUT2D eigenvalue weighted by molar-refractivity contribution is -0.137. The second-order valence-corrected chi connectivity index (χ2v) is 6.97. The van der Waals surface area contributed by atoms with Crippen LogP contribution in [0, 0.1) is 0 Å². The van der Waals surface area contributed by atoms with E-state index in [-0.39, 0.29) is 5.75 Å². The van der Waals surface area contributed by atoms with Crippen LogP contribution >= 0.6 is 0 Å². The number of piperazine rings is 1. The molecule has 0 radical (unpaired) electrons. The van der Waals surface area contributed by atoms with E-state index in [9.17, 15) is 21.6 Å². The van der Waals surface area contributed by atoms with E-state index in [1.54, 1.807) is 0 Å². The summed E-state index contributed by atoms with van der Waals surface area (Å²) in [5.41, 5.74) is 0.0714. The Morgan fingerprint density at radius 2 is 1.59 bits per heavy atom. The summed E-state index contributed by atoms with van der Waals surface area (Å²) in [4.78, 5) is 3.96. The highest BCUT2D eigenvalue weighted by Crippen LogP contribution is 2.30. The molecule has 1 heterocycles. The molecule has 1 fully saturated rings. The normalized spacial score (nSPS) is 17.7. The fourth-order valence-corrected chi connectivity index (χ4v) is 2.86. The molecule has 5 nitrogen and oxygen atoms in total. The summed E-state index contributed by atoms with van der Waals surface area (Å²) in [6, 6.07) is 5.07. The summed E-state index contributed by atoms with van der Waals surface area (Å²) >= 11 is 0. The zero-order valence-electron chi connectivity index (χ0n) is 11.9. The Morgan fingerprint density at radius 1 is 1.05 bits per heavy atom. The minimum absolute atomic E-state index is 0.0900. The molecule has 2 rings (SSSR count). The highest BCUT2D eigenvalue weighted by atomic mass is 32.2. The van der Waals surface area contributed by atoms with Gasteiger partial charge in [0.25, 0.3) is 0 Å². The van der Waals surface area contributed by atoms with Gasteiger partial charge in [0.2, 0.25) is 10.0 Å². The first kappa shape index (κ1) is 17.0. The van der Waals surface area contributed by atoms with Crippen LogP contribution in [0.2, 0.25) is 0 Å². The molecule has 1 aliphatic heterocycles. The van der Waals surface area contributed by atoms with Crippen LogP contribution in [0.4, 0.5) is 18.9 Å². The maximum atomic E-state index is 12.5. The van der Waals surface area contributed by atoms with Crippen molar-refractivity contribution < 1.29 is 21.6 Å². The van der Waals surface area contributed by atoms with Crippen LogP contribution in [0.5, 0.6) is 0 Å². The highest BCUT2D eigenvalue weighted by Gasteiger charge is 2.30. The summed E-state index contributed by atoms with van der Waals surface area (Å²) < 4.78 is 59.4. The van der Waals surface area contributed by atoms with Crippen molar-refractivity contribution >= 4 is 15.7 Å². The van der Waals surface area contributed by atoms with Crippen LogP contribution in [0.3, 0.4) is 0 Å². The van der Waals surface area contributed by atoms with Gasteiger partial charge in [-0.1, -0.05) is 0 Å². The molecule has 124 valence electrons. The lowest BCUT2D eigenvalue weighted by Gasteiger charge is -2.36. The zero-order chi connectivity index (χ0) is 16.4. The van der Waals surface area contributed by atoms with Gasteiger partial charge in [-0.3, -0.25) is 4.90 Å². The molecule has 22 heavy (non-hydrogen) atoms. The lowest BCUT2D eigenvalue weighted by atomic mass is 10.1. The quantitative estimate of drug-likeness (QED) is 0.894. The van der Waals surface area contributed by atoms with Crippen molar-refractivity contribution in [2.75, 3.05) is 43.4 Å². The Morgan fingerprint density at radius 3 is 2.05 bits per heavy atom. The number of anilines is 1. The Hall–Kier alpha value is -1.32. The monoisotopic (exact) mass is 337 g/mol. The summed E-state index contributed by atoms with van der Waals surface area (Å²) in [6.45, 7) is 2.94. The van der Waals surface area contributed by atoms with Gasteiger partial charge in [-0.2, -0.15) is 13.2 Å². The number of rotatable bonds is 4. The topological polar surface area (TPSA) is 66.6 Å². The molecule has 9 heteroatoms. The molecule has 0 spiro atoms. The fraction of sp³-hybridized carbons (Fsp3) is 0.538. The molecule has 0 aromatic heterocycles. The lowest BCUT2D eigenvalue weighted by Crippen LogP contribution is -2.48. The number of alkyl halides is 3. The third kappa shape index (κ3) is 4.85. The maximum Gasteiger partial charge on any atom is 0.416 e. The van der Waals surface area contributed by atoms with Crippen LogP contribution in [0.15, 0.2) is 24.3 Å². The molecular weight excluding hydrogens is 319 g/mol. The summed E-state index contributed by atoms with van der Waals surface area (Å²) in [5.74, 6) is -0.0900. The van der Waals surface area contributed by atoms with E-state index in [2.05, 4.69) is 0 Å². The maximum absolute atomic E-state index is 12.5. The second-order valence-electron chi connectivity index (χ2n) is 5.24. The first-order valence-corrected chi connectivity index (χ1v) is 8.52. The molecule has 1 aliphatic rings. The number of halogens is 3. The van der Waals surface area contributed by atoms with Crippen LogP contribution in [0.25, 0.3) is 0 Å². The van der Waals surface area contributed by atoms with Crippen molar-refractivity contribution in [1.82, 2.24) is 4.90 Å². The van der Waals surface area contributed by atoms with E-state index < -0.39 is 21.8 Å². The first-order chi connectivity index (χ1) is 10.1. The Bertz CT molecular complexity index is 594. The van der Waals surface area contributed by atoms with Crippen molar-refractivity contribution in [1.29, 1.82) is 0 Å². The number of hydrogen-bond acceptors (Lipinski definition) is 4. The van der Waals surface area contributed by atoms with Gasteiger partial charge < -0.3 is 4.90 Å². The number of primary sulfonamides is 1. The average molecular weight is 337 g/mol. The average Bonchev–Trinajstić information content (AvgIpc) is 2.44. The van der Waals surface area contributed by atoms with Crippen LogP contribution in [-0.4, -0.2) is 51.8 Å². The highest BCUT2D eigenvalue weighted by molar-refractivity contribution is 7.89. The van der Waals surface area contributed by atoms with Crippen molar-refractivity contribution in [2.24, 2.45) is 5.14 Å². The molecule has 0 amide bonds. The molecule has 1 aromatic carbocycles. The van der Waals surface area contributed by atoms with Gasteiger partial charge in [-0.25, -0.2) is 13.6 Å². The van der Waals surface area contributed by atoms with Gasteiger partial charge in [-0.15, -0.1) is 0 Å².